The number of hydrogen-bond acceptors (Lipinski definition) is 2. The van der Waals surface area contributed by atoms with Gasteiger partial charge < -0.3 is 0 Å². The quantitative estimate of drug-likeness (QED) is 0.0606. The van der Waals surface area contributed by atoms with Crippen molar-refractivity contribution in [2.24, 2.45) is 0 Å². The Morgan fingerprint density at radius 3 is 1.14 bits per heavy atom. The van der Waals surface area contributed by atoms with Gasteiger partial charge in [0.1, 0.15) is 6.29 Å². The van der Waals surface area contributed by atoms with Crippen LogP contribution in [0.4, 0.5) is 0 Å². The predicted octanol–water partition coefficient (Wildman–Crippen LogP) is 13.3. The molecule has 0 bridgehead atoms. The van der Waals surface area contributed by atoms with Crippen molar-refractivity contribution in [3.05, 3.63) is 35.4 Å². The van der Waals surface area contributed by atoms with Crippen molar-refractivity contribution in [3.63, 3.8) is 0 Å². The van der Waals surface area contributed by atoms with Crippen LogP contribution in [0.1, 0.15) is 210 Å². The minimum absolute atomic E-state index is 0.806. The van der Waals surface area contributed by atoms with Gasteiger partial charge in [-0.05, 0) is 37.6 Å². The van der Waals surface area contributed by atoms with Gasteiger partial charge >= 0.3 is 0 Å². The number of aldehydes is 1. The predicted molar refractivity (Wildman–Crippen MR) is 188 cm³/mol. The van der Waals surface area contributed by atoms with Gasteiger partial charge in [0, 0.05) is 12.1 Å². The van der Waals surface area contributed by atoms with E-state index >= 15 is 0 Å². The third kappa shape index (κ3) is 25.4. The van der Waals surface area contributed by atoms with Gasteiger partial charge in [0.15, 0.2) is 0 Å². The molecule has 0 N–H and O–H groups in total. The molecule has 0 aromatic heterocycles. The van der Waals surface area contributed by atoms with E-state index in [2.05, 4.69) is 30.9 Å². The minimum atomic E-state index is 0.806. The molecule has 0 aliphatic carbocycles. The lowest BCUT2D eigenvalue weighted by Crippen LogP contribution is -2.25. The van der Waals surface area contributed by atoms with Crippen LogP contribution in [0.2, 0.25) is 0 Å². The summed E-state index contributed by atoms with van der Waals surface area (Å²) in [7, 11) is 0. The van der Waals surface area contributed by atoms with Gasteiger partial charge in [-0.15, -0.1) is 0 Å². The summed E-state index contributed by atoms with van der Waals surface area (Å²) in [5.41, 5.74) is 2.09. The largest absolute Gasteiger partial charge is 0.299 e. The van der Waals surface area contributed by atoms with E-state index in [0.717, 1.165) is 18.4 Å². The average Bonchev–Trinajstić information content (AvgIpc) is 3.01. The van der Waals surface area contributed by atoms with Crippen LogP contribution in [0.5, 0.6) is 0 Å². The summed E-state index contributed by atoms with van der Waals surface area (Å²) in [4.78, 5) is 13.9. The molecule has 0 aliphatic rings. The van der Waals surface area contributed by atoms with E-state index in [1.165, 1.54) is 198 Å². The Bertz CT molecular complexity index is 654. The second kappa shape index (κ2) is 31.3. The van der Waals surface area contributed by atoms with E-state index in [1.807, 2.05) is 12.1 Å². The number of nitrogens with zero attached hydrogens (tertiary/aromatic N) is 1. The van der Waals surface area contributed by atoms with Crippen molar-refractivity contribution < 1.29 is 4.79 Å². The van der Waals surface area contributed by atoms with Crippen molar-refractivity contribution in [2.45, 2.75) is 200 Å². The van der Waals surface area contributed by atoms with Crippen LogP contribution in [0.25, 0.3) is 0 Å². The highest BCUT2D eigenvalue weighted by Gasteiger charge is 2.07. The first kappa shape index (κ1) is 38.9. The third-order valence-corrected chi connectivity index (χ3v) is 9.15. The second-order valence-corrected chi connectivity index (χ2v) is 13.3. The highest BCUT2D eigenvalue weighted by Crippen LogP contribution is 2.16. The first-order chi connectivity index (χ1) is 20.8. The maximum atomic E-state index is 11.3. The summed E-state index contributed by atoms with van der Waals surface area (Å²) in [5, 5.41) is 0. The van der Waals surface area contributed by atoms with Gasteiger partial charge in [0.05, 0.1) is 0 Å². The summed E-state index contributed by atoms with van der Waals surface area (Å²) in [6.07, 6.45) is 40.6. The highest BCUT2D eigenvalue weighted by atomic mass is 16.1. The fourth-order valence-corrected chi connectivity index (χ4v) is 6.35. The van der Waals surface area contributed by atoms with Crippen LogP contribution in [0, 0.1) is 0 Å². The zero-order valence-corrected chi connectivity index (χ0v) is 28.7. The van der Waals surface area contributed by atoms with Crippen LogP contribution < -0.4 is 0 Å². The third-order valence-electron chi connectivity index (χ3n) is 9.15. The lowest BCUT2D eigenvalue weighted by molar-refractivity contribution is 0.112. The summed E-state index contributed by atoms with van der Waals surface area (Å²) in [6.45, 7) is 7.98. The number of carbonyl (C=O) groups excluding carboxylic acids is 1. The molecular weight excluding hydrogens is 510 g/mol. The Hall–Kier alpha value is -1.15. The second-order valence-electron chi connectivity index (χ2n) is 13.3. The van der Waals surface area contributed by atoms with Gasteiger partial charge in [-0.3, -0.25) is 9.69 Å². The molecule has 0 radical (unpaired) electrons. The van der Waals surface area contributed by atoms with E-state index in [9.17, 15) is 4.79 Å². The topological polar surface area (TPSA) is 20.3 Å². The molecule has 0 amide bonds. The van der Waals surface area contributed by atoms with Gasteiger partial charge in [0.25, 0.3) is 0 Å². The van der Waals surface area contributed by atoms with Crippen molar-refractivity contribution in [1.82, 2.24) is 4.90 Å². The lowest BCUT2D eigenvalue weighted by atomic mass is 10.0. The Labute approximate surface area is 264 Å². The van der Waals surface area contributed by atoms with Crippen LogP contribution in [-0.2, 0) is 6.54 Å². The molecule has 1 aromatic rings. The molecule has 1 rings (SSSR count). The number of unbranched alkanes of at least 4 members (excludes halogenated alkanes) is 26. The molecular formula is C40H73NO. The molecule has 0 saturated heterocycles. The Morgan fingerprint density at radius 1 is 0.476 bits per heavy atom. The molecule has 42 heavy (non-hydrogen) atoms. The van der Waals surface area contributed by atoms with E-state index in [4.69, 9.17) is 0 Å². The van der Waals surface area contributed by atoms with E-state index < -0.39 is 0 Å². The summed E-state index contributed by atoms with van der Waals surface area (Å²) in [6, 6.07) is 8.23. The smallest absolute Gasteiger partial charge is 0.150 e. The highest BCUT2D eigenvalue weighted by molar-refractivity contribution is 5.74. The Morgan fingerprint density at radius 2 is 0.810 bits per heavy atom. The van der Waals surface area contributed by atoms with Crippen molar-refractivity contribution in [2.75, 3.05) is 13.1 Å². The monoisotopic (exact) mass is 584 g/mol. The number of hydrogen-bond donors (Lipinski definition) is 0. The number of benzene rings is 1. The molecule has 2 heteroatoms. The van der Waals surface area contributed by atoms with Crippen molar-refractivity contribution in [3.8, 4) is 0 Å². The Balaban J connectivity index is 2.12. The molecule has 1 aromatic carbocycles. The van der Waals surface area contributed by atoms with Crippen molar-refractivity contribution in [1.29, 1.82) is 0 Å². The van der Waals surface area contributed by atoms with Gasteiger partial charge in [-0.2, -0.15) is 0 Å². The lowest BCUT2D eigenvalue weighted by Gasteiger charge is -2.23. The first-order valence-corrected chi connectivity index (χ1v) is 19.1. The van der Waals surface area contributed by atoms with Gasteiger partial charge in [0.2, 0.25) is 0 Å². The maximum absolute atomic E-state index is 11.3. The molecule has 0 heterocycles. The Kier molecular flexibility index (Phi) is 29.0. The van der Waals surface area contributed by atoms with Gasteiger partial charge in [-0.25, -0.2) is 0 Å². The van der Waals surface area contributed by atoms with Crippen molar-refractivity contribution >= 4 is 6.29 Å². The number of rotatable bonds is 33. The summed E-state index contributed by atoms with van der Waals surface area (Å²) >= 11 is 0. The average molecular weight is 584 g/mol. The molecule has 2 nitrogen and oxygen atoms in total. The molecule has 0 atom stereocenters. The van der Waals surface area contributed by atoms with Crippen LogP contribution in [-0.4, -0.2) is 24.3 Å². The standard InChI is InChI=1S/C40H73NO/c1-3-5-7-9-11-13-15-17-19-21-23-25-27-29-34-41(37-39-32-31-33-40(36-39)38-42)35-30-28-26-24-22-20-18-16-14-12-10-8-6-4-2/h31-33,36,38H,3-30,34-35,37H2,1-2H3. The molecule has 0 unspecified atom stereocenters. The van der Waals surface area contributed by atoms with E-state index in [1.54, 1.807) is 0 Å². The normalized spacial score (nSPS) is 11.5. The fourth-order valence-electron chi connectivity index (χ4n) is 6.35. The zero-order chi connectivity index (χ0) is 30.2. The molecule has 244 valence electrons. The van der Waals surface area contributed by atoms with Crippen LogP contribution >= 0.6 is 0 Å². The zero-order valence-electron chi connectivity index (χ0n) is 28.7. The SMILES string of the molecule is CCCCCCCCCCCCCCCCN(CCCCCCCCCCCCCCCC)Cc1cccc(C=O)c1. The first-order valence-electron chi connectivity index (χ1n) is 19.1. The van der Waals surface area contributed by atoms with Gasteiger partial charge in [-0.1, -0.05) is 199 Å². The minimum Gasteiger partial charge on any atom is -0.299 e. The summed E-state index contributed by atoms with van der Waals surface area (Å²) in [5.74, 6) is 0. The summed E-state index contributed by atoms with van der Waals surface area (Å²) < 4.78 is 0. The maximum Gasteiger partial charge on any atom is 0.150 e. The van der Waals surface area contributed by atoms with Crippen LogP contribution in [0.3, 0.4) is 0 Å². The molecule has 0 saturated carbocycles. The fraction of sp³-hybridized carbons (Fsp3) is 0.825. The van der Waals surface area contributed by atoms with E-state index in [-0.39, 0.29) is 0 Å². The molecule has 0 aliphatic heterocycles. The van der Waals surface area contributed by atoms with Crippen LogP contribution in [0.15, 0.2) is 24.3 Å². The molecule has 0 spiro atoms. The molecule has 0 fully saturated rings. The number of carbonyl (C=O) groups is 1. The van der Waals surface area contributed by atoms with E-state index in [0.29, 0.717) is 0 Å².